The number of methoxy groups -OCH3 is 3. The maximum Gasteiger partial charge on any atom is 0.203 e. The summed E-state index contributed by atoms with van der Waals surface area (Å²) in [5.74, 6) is 2.54. The Balaban J connectivity index is 2.07. The molecule has 1 aromatic carbocycles. The van der Waals surface area contributed by atoms with Gasteiger partial charge in [0, 0.05) is 25.2 Å². The first kappa shape index (κ1) is 16.3. The number of nitrogens with zero attached hydrogens (tertiary/aromatic N) is 2. The molecule has 0 radical (unpaired) electrons. The van der Waals surface area contributed by atoms with E-state index >= 15 is 0 Å². The number of hydrogen-bond donors (Lipinski definition) is 1. The molecule has 22 heavy (non-hydrogen) atoms. The van der Waals surface area contributed by atoms with Gasteiger partial charge in [-0.05, 0) is 25.3 Å². The first-order valence-corrected chi connectivity index (χ1v) is 7.43. The summed E-state index contributed by atoms with van der Waals surface area (Å²) in [5, 5.41) is 0. The van der Waals surface area contributed by atoms with Crippen LogP contribution in [0.1, 0.15) is 18.4 Å². The summed E-state index contributed by atoms with van der Waals surface area (Å²) in [4.78, 5) is 6.49. The summed E-state index contributed by atoms with van der Waals surface area (Å²) < 4.78 is 16.1. The van der Waals surface area contributed by atoms with Crippen LogP contribution in [0.5, 0.6) is 17.2 Å². The number of rotatable bonds is 7. The molecule has 1 fully saturated rings. The summed E-state index contributed by atoms with van der Waals surface area (Å²) in [6, 6.07) is 4.41. The number of guanidine groups is 1. The highest BCUT2D eigenvalue weighted by atomic mass is 16.5. The van der Waals surface area contributed by atoms with Crippen LogP contribution in [0.3, 0.4) is 0 Å². The average molecular weight is 307 g/mol. The molecule has 0 amide bonds. The lowest BCUT2D eigenvalue weighted by Crippen LogP contribution is -2.35. The van der Waals surface area contributed by atoms with Gasteiger partial charge in [-0.2, -0.15) is 0 Å². The summed E-state index contributed by atoms with van der Waals surface area (Å²) in [5.41, 5.74) is 7.01. The van der Waals surface area contributed by atoms with Gasteiger partial charge in [-0.3, -0.25) is 4.99 Å². The van der Waals surface area contributed by atoms with Gasteiger partial charge in [-0.1, -0.05) is 6.07 Å². The number of aliphatic imine (C=N–C) groups is 1. The lowest BCUT2D eigenvalue weighted by atomic mass is 10.1. The highest BCUT2D eigenvalue weighted by molar-refractivity contribution is 5.78. The monoisotopic (exact) mass is 307 g/mol. The zero-order valence-electron chi connectivity index (χ0n) is 13.8. The molecule has 6 nitrogen and oxygen atoms in total. The van der Waals surface area contributed by atoms with Crippen molar-refractivity contribution in [3.8, 4) is 17.2 Å². The van der Waals surface area contributed by atoms with Crippen LogP contribution in [0.15, 0.2) is 17.1 Å². The van der Waals surface area contributed by atoms with Gasteiger partial charge in [0.1, 0.15) is 0 Å². The van der Waals surface area contributed by atoms with Crippen molar-refractivity contribution in [1.82, 2.24) is 4.90 Å². The SMILES string of the molecule is COc1ccc(CCN=C(N)N(C)C2CC2)c(OC)c1OC. The predicted octanol–water partition coefficient (Wildman–Crippen LogP) is 1.66. The Kier molecular flexibility index (Phi) is 5.35. The zero-order valence-corrected chi connectivity index (χ0v) is 13.8. The second-order valence-electron chi connectivity index (χ2n) is 5.33. The van der Waals surface area contributed by atoms with E-state index in [1.807, 2.05) is 24.1 Å². The minimum absolute atomic E-state index is 0.569. The van der Waals surface area contributed by atoms with E-state index in [1.54, 1.807) is 21.3 Å². The van der Waals surface area contributed by atoms with Gasteiger partial charge in [0.05, 0.1) is 21.3 Å². The van der Waals surface area contributed by atoms with Gasteiger partial charge < -0.3 is 24.8 Å². The van der Waals surface area contributed by atoms with Crippen LogP contribution in [-0.2, 0) is 6.42 Å². The summed E-state index contributed by atoms with van der Waals surface area (Å²) >= 11 is 0. The summed E-state index contributed by atoms with van der Waals surface area (Å²) in [6.45, 7) is 0.606. The summed E-state index contributed by atoms with van der Waals surface area (Å²) in [7, 11) is 6.83. The van der Waals surface area contributed by atoms with Crippen LogP contribution in [0.2, 0.25) is 0 Å². The van der Waals surface area contributed by atoms with Crippen molar-refractivity contribution < 1.29 is 14.2 Å². The fourth-order valence-corrected chi connectivity index (χ4v) is 2.41. The molecule has 122 valence electrons. The molecule has 0 saturated heterocycles. The van der Waals surface area contributed by atoms with Crippen molar-refractivity contribution in [2.24, 2.45) is 10.7 Å². The molecule has 0 spiro atoms. The van der Waals surface area contributed by atoms with Gasteiger partial charge in [-0.15, -0.1) is 0 Å². The molecule has 1 aliphatic carbocycles. The maximum atomic E-state index is 5.99. The Morgan fingerprint density at radius 3 is 2.41 bits per heavy atom. The van der Waals surface area contributed by atoms with Crippen molar-refractivity contribution in [3.63, 3.8) is 0 Å². The number of hydrogen-bond acceptors (Lipinski definition) is 4. The Morgan fingerprint density at radius 2 is 1.86 bits per heavy atom. The third-order valence-electron chi connectivity index (χ3n) is 3.90. The van der Waals surface area contributed by atoms with Gasteiger partial charge in [0.2, 0.25) is 5.75 Å². The quantitative estimate of drug-likeness (QED) is 0.613. The largest absolute Gasteiger partial charge is 0.493 e. The molecule has 2 rings (SSSR count). The molecule has 0 aromatic heterocycles. The molecule has 0 bridgehead atoms. The average Bonchev–Trinajstić information content (AvgIpc) is 3.37. The zero-order chi connectivity index (χ0) is 16.1. The van der Waals surface area contributed by atoms with Crippen molar-refractivity contribution >= 4 is 5.96 Å². The van der Waals surface area contributed by atoms with Crippen molar-refractivity contribution in [1.29, 1.82) is 0 Å². The van der Waals surface area contributed by atoms with Crippen LogP contribution in [-0.4, -0.2) is 51.8 Å². The minimum atomic E-state index is 0.569. The summed E-state index contributed by atoms with van der Waals surface area (Å²) in [6.07, 6.45) is 3.13. The second kappa shape index (κ2) is 7.24. The number of benzene rings is 1. The Bertz CT molecular complexity index is 542. The first-order valence-electron chi connectivity index (χ1n) is 7.43. The van der Waals surface area contributed by atoms with Crippen LogP contribution in [0.4, 0.5) is 0 Å². The third kappa shape index (κ3) is 3.55. The van der Waals surface area contributed by atoms with E-state index in [4.69, 9.17) is 19.9 Å². The highest BCUT2D eigenvalue weighted by Gasteiger charge is 2.27. The van der Waals surface area contributed by atoms with Gasteiger partial charge in [-0.25, -0.2) is 0 Å². The molecular formula is C16H25N3O3. The molecule has 0 heterocycles. The standard InChI is InChI=1S/C16H25N3O3/c1-19(12-6-7-12)16(17)18-10-9-11-5-8-13(20-2)15(22-4)14(11)21-3/h5,8,12H,6-7,9-10H2,1-4H3,(H2,17,18). The van der Waals surface area contributed by atoms with E-state index in [-0.39, 0.29) is 0 Å². The molecule has 1 aliphatic rings. The van der Waals surface area contributed by atoms with Crippen LogP contribution in [0, 0.1) is 0 Å². The Labute approximate surface area is 131 Å². The van der Waals surface area contributed by atoms with Crippen LogP contribution in [0.25, 0.3) is 0 Å². The fourth-order valence-electron chi connectivity index (χ4n) is 2.41. The van der Waals surface area contributed by atoms with Gasteiger partial charge >= 0.3 is 0 Å². The molecule has 2 N–H and O–H groups in total. The van der Waals surface area contributed by atoms with Gasteiger partial charge in [0.15, 0.2) is 17.5 Å². The molecule has 0 atom stereocenters. The molecule has 1 saturated carbocycles. The van der Waals surface area contributed by atoms with E-state index < -0.39 is 0 Å². The third-order valence-corrected chi connectivity index (χ3v) is 3.90. The van der Waals surface area contributed by atoms with Crippen molar-refractivity contribution in [3.05, 3.63) is 17.7 Å². The number of ether oxygens (including phenoxy) is 3. The minimum Gasteiger partial charge on any atom is -0.493 e. The number of nitrogens with two attached hydrogens (primary N) is 1. The van der Waals surface area contributed by atoms with Crippen molar-refractivity contribution in [2.45, 2.75) is 25.3 Å². The first-order chi connectivity index (χ1) is 10.6. The molecule has 0 aliphatic heterocycles. The smallest absolute Gasteiger partial charge is 0.203 e. The van der Waals surface area contributed by atoms with E-state index in [0.29, 0.717) is 35.8 Å². The normalized spacial score (nSPS) is 14.6. The van der Waals surface area contributed by atoms with Crippen LogP contribution < -0.4 is 19.9 Å². The molecular weight excluding hydrogens is 282 g/mol. The van der Waals surface area contributed by atoms with E-state index in [0.717, 1.165) is 12.0 Å². The maximum absolute atomic E-state index is 5.99. The van der Waals surface area contributed by atoms with E-state index in [1.165, 1.54) is 12.8 Å². The Hall–Kier alpha value is -2.11. The van der Waals surface area contributed by atoms with Crippen LogP contribution >= 0.6 is 0 Å². The molecule has 0 unspecified atom stereocenters. The molecule has 1 aromatic rings. The van der Waals surface area contributed by atoms with Crippen molar-refractivity contribution in [2.75, 3.05) is 34.9 Å². The van der Waals surface area contributed by atoms with E-state index in [9.17, 15) is 0 Å². The van der Waals surface area contributed by atoms with Gasteiger partial charge in [0.25, 0.3) is 0 Å². The topological polar surface area (TPSA) is 69.3 Å². The fraction of sp³-hybridized carbons (Fsp3) is 0.562. The lowest BCUT2D eigenvalue weighted by Gasteiger charge is -2.17. The lowest BCUT2D eigenvalue weighted by molar-refractivity contribution is 0.322. The predicted molar refractivity (Wildman–Crippen MR) is 87.1 cm³/mol. The Morgan fingerprint density at radius 1 is 1.18 bits per heavy atom. The van der Waals surface area contributed by atoms with E-state index in [2.05, 4.69) is 4.99 Å². The highest BCUT2D eigenvalue weighted by Crippen LogP contribution is 2.39. The second-order valence-corrected chi connectivity index (χ2v) is 5.33. The molecule has 6 heteroatoms.